The summed E-state index contributed by atoms with van der Waals surface area (Å²) in [5, 5.41) is 23.0. The molecular formula is C54H69ClFN9O7S2. The normalized spacial score (nSPS) is 22.0. The number of carbonyl (C=O) groups is 5. The predicted molar refractivity (Wildman–Crippen MR) is 288 cm³/mol. The number of likely N-dealkylation sites (tertiary alicyclic amines) is 2. The fourth-order valence-electron chi connectivity index (χ4n) is 10.4. The van der Waals surface area contributed by atoms with Crippen LogP contribution in [-0.4, -0.2) is 127 Å². The number of hydrogen-bond acceptors (Lipinski definition) is 14. The highest BCUT2D eigenvalue weighted by atomic mass is 35.5. The molecule has 4 fully saturated rings. The van der Waals surface area contributed by atoms with E-state index >= 15 is 4.39 Å². The fraction of sp³-hybridized carbons (Fsp3) is 0.556. The van der Waals surface area contributed by atoms with Crippen molar-refractivity contribution in [1.29, 1.82) is 0 Å². The molecule has 8 rings (SSSR count). The van der Waals surface area contributed by atoms with E-state index in [1.807, 2.05) is 49.9 Å². The van der Waals surface area contributed by atoms with Gasteiger partial charge in [-0.15, -0.1) is 11.3 Å². The van der Waals surface area contributed by atoms with Crippen molar-refractivity contribution in [2.75, 3.05) is 50.2 Å². The quantitative estimate of drug-likeness (QED) is 0.0563. The molecule has 2 aromatic carbocycles. The minimum atomic E-state index is -2.02. The number of ether oxygens (including phenoxy) is 1. The van der Waals surface area contributed by atoms with E-state index in [1.165, 1.54) is 22.9 Å². The average Bonchev–Trinajstić information content (AvgIpc) is 3.94. The van der Waals surface area contributed by atoms with Gasteiger partial charge >= 0.3 is 0 Å². The molecule has 398 valence electrons. The number of ketones is 1. The summed E-state index contributed by atoms with van der Waals surface area (Å²) in [5.41, 5.74) is 3.75. The zero-order chi connectivity index (χ0) is 52.7. The van der Waals surface area contributed by atoms with Crippen molar-refractivity contribution in [1.82, 2.24) is 35.4 Å². The number of Topliss-reactive ketones (excluding diaryl/α,β-unsaturated/α-hetero) is 1. The van der Waals surface area contributed by atoms with Gasteiger partial charge < -0.3 is 40.9 Å². The van der Waals surface area contributed by atoms with Gasteiger partial charge in [0.1, 0.15) is 34.5 Å². The molecule has 5 N–H and O–H groups in total. The lowest BCUT2D eigenvalue weighted by Gasteiger charge is -2.38. The zero-order valence-corrected chi connectivity index (χ0v) is 45.3. The Morgan fingerprint density at radius 2 is 1.77 bits per heavy atom. The van der Waals surface area contributed by atoms with Crippen molar-refractivity contribution >= 4 is 81.6 Å². The van der Waals surface area contributed by atoms with Crippen molar-refractivity contribution in [3.05, 3.63) is 76.0 Å². The van der Waals surface area contributed by atoms with E-state index in [0.29, 0.717) is 70.8 Å². The third-order valence-electron chi connectivity index (χ3n) is 15.2. The van der Waals surface area contributed by atoms with Crippen LogP contribution in [-0.2, 0) is 25.7 Å². The summed E-state index contributed by atoms with van der Waals surface area (Å²) < 4.78 is 19.9. The number of aryl methyl sites for hydroxylation is 1. The topological polar surface area (TPSA) is 208 Å². The Kier molecular flexibility index (Phi) is 17.9. The zero-order valence-electron chi connectivity index (χ0n) is 42.9. The summed E-state index contributed by atoms with van der Waals surface area (Å²) in [6.07, 6.45) is 7.95. The Balaban J connectivity index is 0.796. The standard InChI is InChI=1S/C54H69ClFN9O7S2/c1-32-45(73-31-60-32)37-15-8-34(9-16-37)27-58-48(68)42-26-39(66)29-65(42)50(70)46(62-51(71)54(56)21-22-54)53(2,3)74-30-35-10-13-36(14-11-35)43(67)19-12-33-7-6-23-64(24-20-33)49(69)38-17-18-41(44(25-38)72-5)61-52-59-28-40(55)47(57-4)63-52/h8-9,15-18,25,28,31,33,35-36,39,42,46,66H,6-7,10-14,19-24,26-27,29-30H2,1-5H3,(H,58,68)(H,62,71)(H2,57,59,61,63)/t33?,35-,36-,39-,42?,46-/m1/s1. The average molecular weight is 1070 g/mol. The number of β-amino-alcohol motifs (C(OH)–C–C–N with tert-alkyl or cyclic N) is 1. The van der Waals surface area contributed by atoms with E-state index in [9.17, 15) is 29.1 Å². The molecule has 4 atom stereocenters. The Hall–Kier alpha value is -5.37. The smallest absolute Gasteiger partial charge is 0.258 e. The van der Waals surface area contributed by atoms with Gasteiger partial charge in [-0.3, -0.25) is 24.0 Å². The first kappa shape index (κ1) is 54.9. The number of thiazole rings is 1. The highest BCUT2D eigenvalue weighted by Gasteiger charge is 2.54. The molecule has 74 heavy (non-hydrogen) atoms. The number of nitrogens with one attached hydrogen (secondary N) is 4. The maximum atomic E-state index is 15.2. The lowest BCUT2D eigenvalue weighted by molar-refractivity contribution is -0.143. The predicted octanol–water partition coefficient (Wildman–Crippen LogP) is 8.53. The van der Waals surface area contributed by atoms with Gasteiger partial charge in [0.2, 0.25) is 17.8 Å². The second-order valence-electron chi connectivity index (χ2n) is 20.9. The minimum Gasteiger partial charge on any atom is -0.495 e. The maximum Gasteiger partial charge on any atom is 0.258 e. The first-order chi connectivity index (χ1) is 35.4. The Bertz CT molecular complexity index is 2660. The van der Waals surface area contributed by atoms with Crippen LogP contribution in [0.2, 0.25) is 5.02 Å². The van der Waals surface area contributed by atoms with E-state index in [2.05, 4.69) is 36.2 Å². The number of alkyl halides is 1. The lowest BCUT2D eigenvalue weighted by Crippen LogP contribution is -2.61. The van der Waals surface area contributed by atoms with Gasteiger partial charge in [0.05, 0.1) is 41.2 Å². The molecule has 2 aliphatic carbocycles. The summed E-state index contributed by atoms with van der Waals surface area (Å²) in [6.45, 7) is 7.06. The molecule has 2 saturated carbocycles. The van der Waals surface area contributed by atoms with E-state index in [4.69, 9.17) is 16.3 Å². The number of nitrogens with zero attached hydrogens (tertiary/aromatic N) is 5. The van der Waals surface area contributed by atoms with Crippen molar-refractivity contribution in [3.8, 4) is 16.2 Å². The summed E-state index contributed by atoms with van der Waals surface area (Å²) in [7, 11) is 3.26. The molecule has 4 aliphatic rings. The number of aromatic nitrogens is 3. The molecule has 0 spiro atoms. The number of hydrogen-bond donors (Lipinski definition) is 5. The van der Waals surface area contributed by atoms with Crippen LogP contribution in [0, 0.1) is 24.7 Å². The van der Waals surface area contributed by atoms with Gasteiger partial charge in [-0.1, -0.05) is 35.9 Å². The number of benzene rings is 2. The van der Waals surface area contributed by atoms with Crippen LogP contribution in [0.3, 0.4) is 0 Å². The largest absolute Gasteiger partial charge is 0.495 e. The van der Waals surface area contributed by atoms with Gasteiger partial charge in [-0.25, -0.2) is 14.4 Å². The Labute approximate surface area is 446 Å². The molecule has 20 heteroatoms. The molecule has 16 nitrogen and oxygen atoms in total. The highest BCUT2D eigenvalue weighted by Crippen LogP contribution is 2.42. The summed E-state index contributed by atoms with van der Waals surface area (Å²) in [6, 6.07) is 11.0. The Morgan fingerprint density at radius 1 is 1.01 bits per heavy atom. The van der Waals surface area contributed by atoms with Crippen molar-refractivity contribution < 1.29 is 38.2 Å². The van der Waals surface area contributed by atoms with Gasteiger partial charge in [0.25, 0.3) is 11.8 Å². The number of anilines is 3. The van der Waals surface area contributed by atoms with Crippen LogP contribution in [0.1, 0.15) is 113 Å². The van der Waals surface area contributed by atoms with Gasteiger partial charge in [0, 0.05) is 62.3 Å². The minimum absolute atomic E-state index is 0.0119. The third-order valence-corrected chi connectivity index (χ3v) is 18.1. The number of amides is 4. The second kappa shape index (κ2) is 24.1. The third kappa shape index (κ3) is 13.3. The monoisotopic (exact) mass is 1070 g/mol. The lowest BCUT2D eigenvalue weighted by atomic mass is 9.79. The number of carbonyl (C=O) groups excluding carboxylic acids is 5. The molecule has 4 heterocycles. The van der Waals surface area contributed by atoms with E-state index in [-0.39, 0.29) is 50.1 Å². The van der Waals surface area contributed by atoms with E-state index in [1.54, 1.807) is 49.2 Å². The molecule has 2 aliphatic heterocycles. The first-order valence-corrected chi connectivity index (χ1v) is 28.1. The highest BCUT2D eigenvalue weighted by molar-refractivity contribution is 8.00. The van der Waals surface area contributed by atoms with E-state index in [0.717, 1.165) is 73.1 Å². The van der Waals surface area contributed by atoms with Crippen LogP contribution >= 0.6 is 34.7 Å². The Morgan fingerprint density at radius 3 is 2.46 bits per heavy atom. The summed E-state index contributed by atoms with van der Waals surface area (Å²) in [5.74, 6) is 1.01. The molecule has 4 amide bonds. The molecule has 2 unspecified atom stereocenters. The van der Waals surface area contributed by atoms with Crippen molar-refractivity contribution in [2.45, 2.75) is 133 Å². The molecule has 2 saturated heterocycles. The molecule has 4 aromatic rings. The fourth-order valence-corrected chi connectivity index (χ4v) is 12.7. The van der Waals surface area contributed by atoms with Crippen LogP contribution in [0.5, 0.6) is 5.75 Å². The first-order valence-electron chi connectivity index (χ1n) is 25.8. The molecular weight excluding hydrogens is 1010 g/mol. The number of rotatable bonds is 20. The molecule has 0 bridgehead atoms. The molecule has 0 radical (unpaired) electrons. The van der Waals surface area contributed by atoms with Crippen LogP contribution in [0.15, 0.2) is 54.2 Å². The number of thioether (sulfide) groups is 1. The summed E-state index contributed by atoms with van der Waals surface area (Å²) >= 11 is 9.24. The number of methoxy groups -OCH3 is 1. The van der Waals surface area contributed by atoms with Crippen molar-refractivity contribution in [3.63, 3.8) is 0 Å². The van der Waals surface area contributed by atoms with Gasteiger partial charge in [-0.2, -0.15) is 16.7 Å². The van der Waals surface area contributed by atoms with Crippen LogP contribution in [0.25, 0.3) is 10.4 Å². The van der Waals surface area contributed by atoms with Gasteiger partial charge in [0.15, 0.2) is 5.67 Å². The second-order valence-corrected chi connectivity index (χ2v) is 23.8. The SMILES string of the molecule is CNc1nc(Nc2ccc(C(=O)N3CCCC(CCC(=O)[C@H]4CC[C@H](CSC(C)(C)[C@H](NC(=O)C5(F)CC5)C(=O)N5C[C@H](O)CC5C(=O)NCc5ccc(-c6scnc6C)cc5)CC4)CC3)cc2OC)ncc1Cl. The van der Waals surface area contributed by atoms with Gasteiger partial charge in [-0.05, 0) is 132 Å². The maximum absolute atomic E-state index is 15.2. The van der Waals surface area contributed by atoms with Crippen LogP contribution in [0.4, 0.5) is 21.8 Å². The molecule has 2 aromatic heterocycles. The number of aliphatic hydroxyl groups excluding tert-OH is 1. The van der Waals surface area contributed by atoms with E-state index < -0.39 is 46.3 Å². The number of aliphatic hydroxyl groups is 1. The van der Waals surface area contributed by atoms with Crippen molar-refractivity contribution in [2.24, 2.45) is 17.8 Å². The summed E-state index contributed by atoms with van der Waals surface area (Å²) in [4.78, 5) is 86.2. The van der Waals surface area contributed by atoms with Crippen LogP contribution < -0.4 is 26.0 Å². The number of halogens is 2.